The maximum absolute atomic E-state index is 2.52. The maximum Gasteiger partial charge on any atom is 0.0619 e. The van der Waals surface area contributed by atoms with E-state index in [9.17, 15) is 0 Å². The maximum atomic E-state index is 2.52. The molecule has 0 unspecified atom stereocenters. The van der Waals surface area contributed by atoms with Crippen molar-refractivity contribution in [3.8, 4) is 11.1 Å². The number of fused-ring (bicyclic) bond motifs is 2. The smallest absolute Gasteiger partial charge is 0.0619 e. The Morgan fingerprint density at radius 1 is 0.237 bits per heavy atom. The van der Waals surface area contributed by atoms with Crippen molar-refractivity contribution in [2.24, 2.45) is 0 Å². The number of benzene rings is 12. The third-order valence-corrected chi connectivity index (χ3v) is 21.2. The van der Waals surface area contributed by atoms with Gasteiger partial charge < -0.3 is 9.80 Å². The first-order chi connectivity index (χ1) is 45.1. The Balaban J connectivity index is 0.932. The summed E-state index contributed by atoms with van der Waals surface area (Å²) in [6.45, 7) is 18.7. The predicted molar refractivity (Wildman–Crippen MR) is 410 cm³/mol. The molecule has 0 bridgehead atoms. The van der Waals surface area contributed by atoms with E-state index in [4.69, 9.17) is 0 Å². The Labute approximate surface area is 569 Å². The number of unbranched alkanes of at least 4 members (excludes halogenated alkanes) is 7. The van der Waals surface area contributed by atoms with Crippen LogP contribution in [0, 0.1) is 0 Å². The number of hydrogen-bond acceptors (Lipinski definition) is 2. The van der Waals surface area contributed by atoms with Crippen LogP contribution in [0.3, 0.4) is 0 Å². The molecule has 12 aromatic carbocycles. The zero-order valence-corrected chi connectivity index (χ0v) is 58.1. The standard InChI is InChI=1S/C90H91IN2/c1-87(2,69-31-19-15-20-32-69)73-49-57-77(58-50-73)92(78-59-51-74(52-60-78)88(3,4)70-33-21-16-22-34-70)85-81-37-25-27-39-83(81)86(84-40-28-26-38-82(84)85)93(79-61-53-75(54-62-79)89(5,6)71-35-23-17-24-36-71)80-63-55-76(56-64-80)90(7,8)72-47-45-68(46-48-72)67-43-41-66(42-44-67)30-18-13-11-9-10-12-14-29-65-91/h15-17,19-28,31-64H,9-14,18,29-30,65H2,1-8H3. The van der Waals surface area contributed by atoms with Crippen LogP contribution in [-0.4, -0.2) is 4.43 Å². The van der Waals surface area contributed by atoms with Gasteiger partial charge in [0.25, 0.3) is 0 Å². The predicted octanol–water partition coefficient (Wildman–Crippen LogP) is 26.0. The highest BCUT2D eigenvalue weighted by molar-refractivity contribution is 14.1. The molecule has 0 aromatic heterocycles. The molecular weight excluding hydrogens is 1240 g/mol. The lowest BCUT2D eigenvalue weighted by atomic mass is 9.77. The highest BCUT2D eigenvalue weighted by atomic mass is 127. The second-order valence-electron chi connectivity index (χ2n) is 27.8. The number of anilines is 6. The van der Waals surface area contributed by atoms with E-state index in [-0.39, 0.29) is 21.7 Å². The third kappa shape index (κ3) is 13.8. The lowest BCUT2D eigenvalue weighted by Crippen LogP contribution is -2.20. The summed E-state index contributed by atoms with van der Waals surface area (Å²) in [4.78, 5) is 5.03. The largest absolute Gasteiger partial charge is 0.309 e. The number of hydrogen-bond donors (Lipinski definition) is 0. The van der Waals surface area contributed by atoms with Crippen molar-refractivity contribution in [1.29, 1.82) is 0 Å². The average molecular weight is 1330 g/mol. The second-order valence-corrected chi connectivity index (χ2v) is 28.9. The molecule has 12 rings (SSSR count). The SMILES string of the molecule is CC(C)(c1ccccc1)c1ccc(N(c2ccc(C(C)(C)c3ccccc3)cc2)c2c3ccccc3c(N(c3ccc(C(C)(C)c4ccccc4)cc3)c3ccc(C(C)(C)c4ccc(-c5ccc(CCCCCCCCCCI)cc5)cc4)cc3)c3ccccc23)cc1. The highest BCUT2D eigenvalue weighted by Crippen LogP contribution is 2.52. The average Bonchev–Trinajstić information content (AvgIpc) is 0.730. The van der Waals surface area contributed by atoms with E-state index in [0.717, 1.165) is 62.1 Å². The van der Waals surface area contributed by atoms with Crippen molar-refractivity contribution in [3.63, 3.8) is 0 Å². The van der Waals surface area contributed by atoms with Gasteiger partial charge in [0, 0.05) is 66.0 Å². The van der Waals surface area contributed by atoms with Crippen LogP contribution in [-0.2, 0) is 28.1 Å². The van der Waals surface area contributed by atoms with Gasteiger partial charge in [-0.25, -0.2) is 0 Å². The summed E-state index contributed by atoms with van der Waals surface area (Å²) in [6.07, 6.45) is 12.0. The Kier molecular flexibility index (Phi) is 19.7. The van der Waals surface area contributed by atoms with E-state index in [1.807, 2.05) is 0 Å². The monoisotopic (exact) mass is 1330 g/mol. The zero-order valence-electron chi connectivity index (χ0n) is 56.0. The van der Waals surface area contributed by atoms with E-state index < -0.39 is 0 Å². The first-order valence-corrected chi connectivity index (χ1v) is 35.6. The third-order valence-electron chi connectivity index (χ3n) is 20.4. The lowest BCUT2D eigenvalue weighted by molar-refractivity contribution is 0.577. The zero-order chi connectivity index (χ0) is 64.6. The van der Waals surface area contributed by atoms with Crippen LogP contribution in [0.2, 0.25) is 0 Å². The summed E-state index contributed by atoms with van der Waals surface area (Å²) in [5.41, 5.74) is 19.9. The van der Waals surface area contributed by atoms with Crippen LogP contribution in [0.5, 0.6) is 0 Å². The summed E-state index contributed by atoms with van der Waals surface area (Å²) >= 11 is 2.50. The quantitative estimate of drug-likeness (QED) is 0.0185. The van der Waals surface area contributed by atoms with Crippen molar-refractivity contribution in [2.75, 3.05) is 14.2 Å². The molecule has 0 aliphatic rings. The van der Waals surface area contributed by atoms with Crippen LogP contribution in [0.4, 0.5) is 34.1 Å². The second kappa shape index (κ2) is 28.4. The van der Waals surface area contributed by atoms with E-state index >= 15 is 0 Å². The number of rotatable bonds is 25. The summed E-state index contributed by atoms with van der Waals surface area (Å²) in [7, 11) is 0. The molecule has 468 valence electrons. The molecule has 0 fully saturated rings. The minimum Gasteiger partial charge on any atom is -0.309 e. The number of halogens is 1. The van der Waals surface area contributed by atoms with Gasteiger partial charge in [0.05, 0.1) is 11.4 Å². The van der Waals surface area contributed by atoms with E-state index in [0.29, 0.717) is 0 Å². The van der Waals surface area contributed by atoms with Gasteiger partial charge in [-0.3, -0.25) is 0 Å². The Morgan fingerprint density at radius 2 is 0.462 bits per heavy atom. The van der Waals surface area contributed by atoms with Gasteiger partial charge in [-0.2, -0.15) is 0 Å². The van der Waals surface area contributed by atoms with Gasteiger partial charge in [-0.1, -0.05) is 353 Å². The number of nitrogens with zero attached hydrogens (tertiary/aromatic N) is 2. The van der Waals surface area contributed by atoms with E-state index in [2.05, 4.69) is 373 Å². The van der Waals surface area contributed by atoms with Crippen LogP contribution in [0.15, 0.2) is 285 Å². The topological polar surface area (TPSA) is 6.48 Å². The van der Waals surface area contributed by atoms with Gasteiger partial charge >= 0.3 is 0 Å². The molecule has 0 radical (unpaired) electrons. The van der Waals surface area contributed by atoms with Crippen LogP contribution in [0.1, 0.15) is 157 Å². The minimum atomic E-state index is -0.263. The first kappa shape index (κ1) is 64.6. The molecule has 93 heavy (non-hydrogen) atoms. The normalized spacial score (nSPS) is 12.1. The molecule has 2 nitrogen and oxygen atoms in total. The molecule has 0 saturated carbocycles. The fourth-order valence-electron chi connectivity index (χ4n) is 14.1. The van der Waals surface area contributed by atoms with Gasteiger partial charge in [0.2, 0.25) is 0 Å². The fourth-order valence-corrected chi connectivity index (χ4v) is 14.7. The summed E-state index contributed by atoms with van der Waals surface area (Å²) < 4.78 is 1.29. The number of alkyl halides is 1. The van der Waals surface area contributed by atoms with Crippen molar-refractivity contribution < 1.29 is 0 Å². The molecule has 12 aromatic rings. The highest BCUT2D eigenvalue weighted by Gasteiger charge is 2.31. The Bertz CT molecular complexity index is 4230. The molecule has 0 atom stereocenters. The van der Waals surface area contributed by atoms with Crippen LogP contribution >= 0.6 is 22.6 Å². The van der Waals surface area contributed by atoms with E-state index in [1.165, 1.54) is 117 Å². The molecule has 0 amide bonds. The molecule has 0 aliphatic heterocycles. The fraction of sp³-hybridized carbons (Fsp3) is 0.244. The van der Waals surface area contributed by atoms with Gasteiger partial charge in [-0.05, 0) is 133 Å². The Hall–Kier alpha value is -8.51. The molecule has 0 N–H and O–H groups in total. The van der Waals surface area contributed by atoms with Crippen LogP contribution in [0.25, 0.3) is 32.7 Å². The van der Waals surface area contributed by atoms with Crippen molar-refractivity contribution in [3.05, 3.63) is 335 Å². The molecule has 0 aliphatic carbocycles. The first-order valence-electron chi connectivity index (χ1n) is 34.0. The summed E-state index contributed by atoms with van der Waals surface area (Å²) in [6, 6.07) is 107. The summed E-state index contributed by atoms with van der Waals surface area (Å²) in [5.74, 6) is 0. The van der Waals surface area contributed by atoms with Crippen LogP contribution < -0.4 is 9.80 Å². The molecule has 0 heterocycles. The Morgan fingerprint density at radius 3 is 0.742 bits per heavy atom. The van der Waals surface area contributed by atoms with Gasteiger partial charge in [0.15, 0.2) is 0 Å². The molecule has 0 spiro atoms. The lowest BCUT2D eigenvalue weighted by Gasteiger charge is -2.34. The van der Waals surface area contributed by atoms with Crippen molar-refractivity contribution >= 4 is 78.3 Å². The van der Waals surface area contributed by atoms with E-state index in [1.54, 1.807) is 0 Å². The van der Waals surface area contributed by atoms with Crippen molar-refractivity contribution in [1.82, 2.24) is 0 Å². The van der Waals surface area contributed by atoms with Gasteiger partial charge in [-0.15, -0.1) is 0 Å². The van der Waals surface area contributed by atoms with Crippen molar-refractivity contribution in [2.45, 2.75) is 135 Å². The summed E-state index contributed by atoms with van der Waals surface area (Å²) in [5, 5.41) is 4.63. The molecular formula is C90H91IN2. The minimum absolute atomic E-state index is 0.200. The number of aryl methyl sites for hydroxylation is 1. The van der Waals surface area contributed by atoms with Gasteiger partial charge in [0.1, 0.15) is 0 Å². The molecule has 3 heteroatoms. The molecule has 0 saturated heterocycles.